The van der Waals surface area contributed by atoms with Crippen LogP contribution in [0.15, 0.2) is 18.2 Å². The molecule has 3 heterocycles. The quantitative estimate of drug-likeness (QED) is 0.414. The maximum atomic E-state index is 13.4. The summed E-state index contributed by atoms with van der Waals surface area (Å²) in [6.07, 6.45) is 3.14. The number of hydrogen-bond acceptors (Lipinski definition) is 8. The number of carboxylic acids is 1. The minimum atomic E-state index is -0.881. The number of nitrogens with zero attached hydrogens (tertiary/aromatic N) is 2. The Hall–Kier alpha value is -2.40. The van der Waals surface area contributed by atoms with Gasteiger partial charge in [0.2, 0.25) is 12.7 Å². The van der Waals surface area contributed by atoms with Crippen LogP contribution in [0.2, 0.25) is 0 Å². The number of rotatable bonds is 13. The fraction of sp³-hybridized carbons (Fsp3) is 0.692. The molecule has 0 radical (unpaired) electrons. The second-order valence-corrected chi connectivity index (χ2v) is 9.64. The first-order chi connectivity index (χ1) is 17.5. The molecule has 2 fully saturated rings. The highest BCUT2D eigenvalue weighted by atomic mass is 16.7. The first kappa shape index (κ1) is 26.7. The molecular formula is C26H38N2O8. The molecule has 0 aromatic heterocycles. The van der Waals surface area contributed by atoms with Crippen LogP contribution in [0.25, 0.3) is 0 Å². The predicted molar refractivity (Wildman–Crippen MR) is 130 cm³/mol. The number of hydrogen-bond donors (Lipinski definition) is 2. The third kappa shape index (κ3) is 6.29. The Kier molecular flexibility index (Phi) is 9.41. The van der Waals surface area contributed by atoms with Gasteiger partial charge in [0.1, 0.15) is 0 Å². The Morgan fingerprint density at radius 1 is 1.08 bits per heavy atom. The smallest absolute Gasteiger partial charge is 0.308 e. The van der Waals surface area contributed by atoms with Crippen LogP contribution in [0.5, 0.6) is 11.5 Å². The number of ether oxygens (including phenoxy) is 4. The van der Waals surface area contributed by atoms with Gasteiger partial charge < -0.3 is 34.1 Å². The van der Waals surface area contributed by atoms with Crippen molar-refractivity contribution in [1.82, 2.24) is 9.80 Å². The number of aliphatic hydroxyl groups is 1. The molecule has 0 aliphatic carbocycles. The molecule has 3 atom stereocenters. The number of amides is 1. The topological polar surface area (TPSA) is 118 Å². The van der Waals surface area contributed by atoms with E-state index >= 15 is 0 Å². The van der Waals surface area contributed by atoms with E-state index in [1.54, 1.807) is 4.90 Å². The van der Waals surface area contributed by atoms with Gasteiger partial charge in [0.25, 0.3) is 0 Å². The molecule has 0 unspecified atom stereocenters. The highest BCUT2D eigenvalue weighted by molar-refractivity contribution is 5.79. The summed E-state index contributed by atoms with van der Waals surface area (Å²) in [7, 11) is 0. The Labute approximate surface area is 212 Å². The molecule has 200 valence electrons. The molecular weight excluding hydrogens is 468 g/mol. The Balaban J connectivity index is 1.55. The molecule has 10 heteroatoms. The predicted octanol–water partition coefficient (Wildman–Crippen LogP) is 2.05. The highest BCUT2D eigenvalue weighted by Crippen LogP contribution is 2.43. The molecule has 10 nitrogen and oxygen atoms in total. The number of carboxylic acid groups (broad SMARTS) is 1. The van der Waals surface area contributed by atoms with E-state index < -0.39 is 11.9 Å². The van der Waals surface area contributed by atoms with E-state index in [0.29, 0.717) is 63.6 Å². The van der Waals surface area contributed by atoms with Crippen LogP contribution in [0.3, 0.4) is 0 Å². The van der Waals surface area contributed by atoms with Gasteiger partial charge in [-0.25, -0.2) is 0 Å². The van der Waals surface area contributed by atoms with Crippen molar-refractivity contribution in [3.8, 4) is 11.5 Å². The van der Waals surface area contributed by atoms with E-state index in [-0.39, 0.29) is 44.1 Å². The molecule has 0 bridgehead atoms. The average molecular weight is 507 g/mol. The third-order valence-corrected chi connectivity index (χ3v) is 7.31. The number of aliphatic hydroxyl groups excluding tert-OH is 1. The molecule has 3 aliphatic rings. The van der Waals surface area contributed by atoms with Crippen LogP contribution >= 0.6 is 0 Å². The number of benzene rings is 1. The largest absolute Gasteiger partial charge is 0.481 e. The molecule has 1 aromatic carbocycles. The Morgan fingerprint density at radius 2 is 1.83 bits per heavy atom. The zero-order valence-corrected chi connectivity index (χ0v) is 21.0. The highest BCUT2D eigenvalue weighted by Gasteiger charge is 2.47. The van der Waals surface area contributed by atoms with Crippen molar-refractivity contribution >= 4 is 11.9 Å². The Bertz CT molecular complexity index is 883. The lowest BCUT2D eigenvalue weighted by atomic mass is 9.83. The zero-order chi connectivity index (χ0) is 25.5. The number of fused-ring (bicyclic) bond motifs is 1. The van der Waals surface area contributed by atoms with Crippen LogP contribution in [-0.2, 0) is 19.1 Å². The summed E-state index contributed by atoms with van der Waals surface area (Å²) in [5.41, 5.74) is 0.864. The monoisotopic (exact) mass is 506 g/mol. The summed E-state index contributed by atoms with van der Waals surface area (Å²) in [5, 5.41) is 19.6. The molecule has 0 spiro atoms. The molecule has 36 heavy (non-hydrogen) atoms. The number of carbonyl (C=O) groups excluding carboxylic acids is 1. The van der Waals surface area contributed by atoms with Crippen LogP contribution < -0.4 is 9.47 Å². The van der Waals surface area contributed by atoms with Crippen molar-refractivity contribution in [3.63, 3.8) is 0 Å². The van der Waals surface area contributed by atoms with E-state index in [1.165, 1.54) is 0 Å². The number of carbonyl (C=O) groups is 2. The second kappa shape index (κ2) is 12.7. The van der Waals surface area contributed by atoms with E-state index in [1.807, 2.05) is 23.1 Å². The summed E-state index contributed by atoms with van der Waals surface area (Å²) in [5.74, 6) is -0.647. The van der Waals surface area contributed by atoms with Crippen molar-refractivity contribution in [3.05, 3.63) is 23.8 Å². The first-order valence-electron chi connectivity index (χ1n) is 13.0. The van der Waals surface area contributed by atoms with Crippen LogP contribution in [0.1, 0.15) is 50.5 Å². The summed E-state index contributed by atoms with van der Waals surface area (Å²) < 4.78 is 22.2. The fourth-order valence-electron chi connectivity index (χ4n) is 5.46. The van der Waals surface area contributed by atoms with Gasteiger partial charge in [0.15, 0.2) is 17.8 Å². The molecule has 2 saturated heterocycles. The lowest BCUT2D eigenvalue weighted by molar-refractivity contribution is -0.144. The van der Waals surface area contributed by atoms with Crippen molar-refractivity contribution in [2.75, 3.05) is 52.8 Å². The molecule has 1 amide bonds. The Morgan fingerprint density at radius 3 is 2.56 bits per heavy atom. The van der Waals surface area contributed by atoms with Crippen molar-refractivity contribution in [1.29, 1.82) is 0 Å². The van der Waals surface area contributed by atoms with Crippen molar-refractivity contribution in [2.45, 2.75) is 57.3 Å². The third-order valence-electron chi connectivity index (χ3n) is 7.31. The van der Waals surface area contributed by atoms with Gasteiger partial charge in [-0.05, 0) is 43.4 Å². The minimum absolute atomic E-state index is 0.0247. The summed E-state index contributed by atoms with van der Waals surface area (Å²) in [6.45, 7) is 5.03. The van der Waals surface area contributed by atoms with Gasteiger partial charge in [-0.1, -0.05) is 19.4 Å². The normalized spacial score (nSPS) is 23.9. The van der Waals surface area contributed by atoms with E-state index in [9.17, 15) is 19.8 Å². The van der Waals surface area contributed by atoms with Crippen LogP contribution in [-0.4, -0.2) is 97.0 Å². The molecule has 3 aliphatic heterocycles. The van der Waals surface area contributed by atoms with Gasteiger partial charge in [-0.2, -0.15) is 0 Å². The van der Waals surface area contributed by atoms with Crippen LogP contribution in [0.4, 0.5) is 0 Å². The summed E-state index contributed by atoms with van der Waals surface area (Å²) in [4.78, 5) is 29.8. The molecule has 4 rings (SSSR count). The lowest BCUT2D eigenvalue weighted by Crippen LogP contribution is -2.45. The lowest BCUT2D eigenvalue weighted by Gasteiger charge is -2.30. The van der Waals surface area contributed by atoms with Crippen molar-refractivity contribution in [2.24, 2.45) is 5.92 Å². The summed E-state index contributed by atoms with van der Waals surface area (Å²) >= 11 is 0. The zero-order valence-electron chi connectivity index (χ0n) is 21.0. The molecule has 1 aromatic rings. The van der Waals surface area contributed by atoms with E-state index in [0.717, 1.165) is 18.4 Å². The van der Waals surface area contributed by atoms with Gasteiger partial charge in [-0.3, -0.25) is 14.5 Å². The van der Waals surface area contributed by atoms with Gasteiger partial charge in [0, 0.05) is 38.2 Å². The number of likely N-dealkylation sites (tertiary alicyclic amines) is 1. The minimum Gasteiger partial charge on any atom is -0.481 e. The van der Waals surface area contributed by atoms with Crippen LogP contribution in [0, 0.1) is 5.92 Å². The number of unbranched alkanes of at least 4 members (excludes halogenated alkanes) is 1. The van der Waals surface area contributed by atoms with Gasteiger partial charge in [0.05, 0.1) is 25.7 Å². The number of aliphatic carboxylic acids is 1. The van der Waals surface area contributed by atoms with E-state index in [4.69, 9.17) is 18.9 Å². The molecule has 0 saturated carbocycles. The second-order valence-electron chi connectivity index (χ2n) is 9.64. The summed E-state index contributed by atoms with van der Waals surface area (Å²) in [6, 6.07) is 5.24. The maximum absolute atomic E-state index is 13.4. The van der Waals surface area contributed by atoms with Gasteiger partial charge >= 0.3 is 5.97 Å². The van der Waals surface area contributed by atoms with Gasteiger partial charge in [-0.15, -0.1) is 0 Å². The SMILES string of the molecule is CCCCN(CCCO)C(=O)CN1C[C@H](c2ccc3c(c2)OCO3)[C@@H](C(=O)O)[C@@H]1CCC1OCCO1. The molecule has 2 N–H and O–H groups in total. The van der Waals surface area contributed by atoms with E-state index in [2.05, 4.69) is 6.92 Å². The average Bonchev–Trinajstić information content (AvgIpc) is 3.62. The van der Waals surface area contributed by atoms with Crippen molar-refractivity contribution < 1.29 is 38.7 Å². The standard InChI is InChI=1S/C26H38N2O8/c1-2-3-9-27(10-4-11-29)23(30)16-28-15-19(18-5-7-21-22(14-18)36-17-35-21)25(26(31)32)20(28)6-8-24-33-12-13-34-24/h5,7,14,19-20,24-25,29H,2-4,6,8-13,15-17H2,1H3,(H,31,32)/t19-,20+,25-/m1/s1. The maximum Gasteiger partial charge on any atom is 0.308 e. The first-order valence-corrected chi connectivity index (χ1v) is 13.0. The fourth-order valence-corrected chi connectivity index (χ4v) is 5.46.